The average Bonchev–Trinajstić information content (AvgIpc) is 3.04. The second kappa shape index (κ2) is 8.75. The highest BCUT2D eigenvalue weighted by molar-refractivity contribution is 6.30. The van der Waals surface area contributed by atoms with Crippen LogP contribution in [0.4, 0.5) is 13.2 Å². The van der Waals surface area contributed by atoms with Gasteiger partial charge in [0.25, 0.3) is 5.91 Å². The van der Waals surface area contributed by atoms with Gasteiger partial charge in [-0.25, -0.2) is 0 Å². The highest BCUT2D eigenvalue weighted by Crippen LogP contribution is 2.49. The van der Waals surface area contributed by atoms with Gasteiger partial charge in [-0.05, 0) is 47.9 Å². The Bertz CT molecular complexity index is 1180. The lowest BCUT2D eigenvalue weighted by Gasteiger charge is -2.38. The molecule has 2 aliphatic heterocycles. The summed E-state index contributed by atoms with van der Waals surface area (Å²) in [6.07, 6.45) is -6.03. The van der Waals surface area contributed by atoms with Gasteiger partial charge in [-0.2, -0.15) is 13.2 Å². The van der Waals surface area contributed by atoms with E-state index in [0.29, 0.717) is 5.02 Å². The maximum absolute atomic E-state index is 13.8. The molecule has 2 aromatic carbocycles. The Hall–Kier alpha value is -3.40. The van der Waals surface area contributed by atoms with Crippen LogP contribution in [0.25, 0.3) is 0 Å². The van der Waals surface area contributed by atoms with Crippen molar-refractivity contribution in [1.82, 2.24) is 10.2 Å². The summed E-state index contributed by atoms with van der Waals surface area (Å²) < 4.78 is 41.3. The van der Waals surface area contributed by atoms with Crippen molar-refractivity contribution in [3.05, 3.63) is 69.7 Å². The number of fused-ring (bicyclic) bond motifs is 1. The van der Waals surface area contributed by atoms with E-state index < -0.39 is 54.2 Å². The van der Waals surface area contributed by atoms with Gasteiger partial charge in [-0.3, -0.25) is 24.5 Å². The minimum atomic E-state index is -4.62. The van der Waals surface area contributed by atoms with Crippen LogP contribution in [0.5, 0.6) is 0 Å². The van der Waals surface area contributed by atoms with Crippen molar-refractivity contribution >= 4 is 35.2 Å². The topological polar surface area (TPSA) is 110 Å². The zero-order valence-corrected chi connectivity index (χ0v) is 18.3. The van der Waals surface area contributed by atoms with E-state index in [9.17, 15) is 32.3 Å². The molecule has 4 amide bonds. The van der Waals surface area contributed by atoms with Crippen LogP contribution in [0, 0.1) is 0 Å². The number of primary amides is 1. The number of hydrogen-bond donors (Lipinski definition) is 2. The van der Waals surface area contributed by atoms with E-state index in [1.807, 2.05) is 0 Å². The standard InChI is InChI=1S/C23H19ClF3N3O4/c24-13-4-1-11(2-5-13)16(10-23(25,26)27)19-15-9-12(20(28)32)3-6-14(15)22(34)30(19)17-7-8-18(31)29-21(17)33/h1-6,9,16-17,19H,7-8,10H2,(H2,28,32)(H,29,31,33)/t16-,17?,19?/m0/s1. The van der Waals surface area contributed by atoms with E-state index in [-0.39, 0.29) is 35.1 Å². The van der Waals surface area contributed by atoms with Gasteiger partial charge in [0.05, 0.1) is 12.5 Å². The number of piperidine rings is 1. The largest absolute Gasteiger partial charge is 0.389 e. The summed E-state index contributed by atoms with van der Waals surface area (Å²) in [5, 5.41) is 2.47. The van der Waals surface area contributed by atoms with Crippen LogP contribution in [0.15, 0.2) is 42.5 Å². The number of imide groups is 1. The lowest BCUT2D eigenvalue weighted by molar-refractivity contribution is -0.144. The third-order valence-corrected chi connectivity index (χ3v) is 6.35. The van der Waals surface area contributed by atoms with Crippen LogP contribution in [0.1, 0.15) is 63.1 Å². The molecular weight excluding hydrogens is 475 g/mol. The smallest absolute Gasteiger partial charge is 0.366 e. The summed E-state index contributed by atoms with van der Waals surface area (Å²) in [5.41, 5.74) is 5.87. The van der Waals surface area contributed by atoms with Crippen molar-refractivity contribution in [2.75, 3.05) is 0 Å². The monoisotopic (exact) mass is 493 g/mol. The summed E-state index contributed by atoms with van der Waals surface area (Å²) in [4.78, 5) is 50.6. The number of nitrogens with one attached hydrogen (secondary N) is 1. The average molecular weight is 494 g/mol. The number of nitrogens with zero attached hydrogens (tertiary/aromatic N) is 1. The third kappa shape index (κ3) is 4.50. The first kappa shape index (κ1) is 23.7. The van der Waals surface area contributed by atoms with Crippen LogP contribution in [0.2, 0.25) is 5.02 Å². The van der Waals surface area contributed by atoms with Gasteiger partial charge in [0.2, 0.25) is 17.7 Å². The van der Waals surface area contributed by atoms with E-state index in [0.717, 1.165) is 4.90 Å². The highest BCUT2D eigenvalue weighted by atomic mass is 35.5. The molecule has 2 unspecified atom stereocenters. The molecule has 7 nitrogen and oxygen atoms in total. The van der Waals surface area contributed by atoms with Crippen molar-refractivity contribution in [1.29, 1.82) is 0 Å². The second-order valence-corrected chi connectivity index (χ2v) is 8.70. The third-order valence-electron chi connectivity index (χ3n) is 6.10. The number of hydrogen-bond acceptors (Lipinski definition) is 4. The first-order valence-corrected chi connectivity index (χ1v) is 10.8. The molecule has 1 saturated heterocycles. The summed E-state index contributed by atoms with van der Waals surface area (Å²) in [7, 11) is 0. The predicted molar refractivity (Wildman–Crippen MR) is 115 cm³/mol. The summed E-state index contributed by atoms with van der Waals surface area (Å²) in [5.74, 6) is -4.09. The number of halogens is 4. The Labute approximate surface area is 197 Å². The second-order valence-electron chi connectivity index (χ2n) is 8.27. The molecule has 2 aromatic rings. The van der Waals surface area contributed by atoms with Crippen LogP contribution in [0.3, 0.4) is 0 Å². The van der Waals surface area contributed by atoms with Crippen molar-refractivity contribution in [2.45, 2.75) is 43.4 Å². The number of carbonyl (C=O) groups is 4. The van der Waals surface area contributed by atoms with Crippen LogP contribution < -0.4 is 11.1 Å². The van der Waals surface area contributed by atoms with Gasteiger partial charge in [-0.1, -0.05) is 23.7 Å². The minimum absolute atomic E-state index is 0.0172. The normalized spacial score (nSPS) is 21.3. The molecule has 3 N–H and O–H groups in total. The van der Waals surface area contributed by atoms with E-state index in [1.54, 1.807) is 0 Å². The summed E-state index contributed by atoms with van der Waals surface area (Å²) in [6.45, 7) is 0. The maximum Gasteiger partial charge on any atom is 0.389 e. The Kier molecular flexibility index (Phi) is 6.11. The van der Waals surface area contributed by atoms with E-state index in [4.69, 9.17) is 17.3 Å². The van der Waals surface area contributed by atoms with E-state index in [2.05, 4.69) is 5.32 Å². The van der Waals surface area contributed by atoms with E-state index >= 15 is 0 Å². The Morgan fingerprint density at radius 2 is 1.82 bits per heavy atom. The minimum Gasteiger partial charge on any atom is -0.366 e. The van der Waals surface area contributed by atoms with Gasteiger partial charge >= 0.3 is 6.18 Å². The molecule has 4 rings (SSSR count). The number of nitrogens with two attached hydrogens (primary N) is 1. The molecule has 178 valence electrons. The van der Waals surface area contributed by atoms with Gasteiger partial charge in [0.15, 0.2) is 0 Å². The van der Waals surface area contributed by atoms with Crippen LogP contribution in [-0.4, -0.2) is 40.7 Å². The molecule has 0 spiro atoms. The van der Waals surface area contributed by atoms with Gasteiger partial charge in [-0.15, -0.1) is 0 Å². The molecule has 11 heteroatoms. The number of benzene rings is 2. The van der Waals surface area contributed by atoms with Gasteiger partial charge in [0, 0.05) is 28.5 Å². The summed E-state index contributed by atoms with van der Waals surface area (Å²) in [6, 6.07) is 7.27. The zero-order chi connectivity index (χ0) is 24.8. The quantitative estimate of drug-likeness (QED) is 0.621. The SMILES string of the molecule is NC(=O)c1ccc2c(c1)C([C@@H](CC(F)(F)F)c1ccc(Cl)cc1)N(C1CCC(=O)NC1=O)C2=O. The highest BCUT2D eigenvalue weighted by Gasteiger charge is 2.50. The molecule has 2 heterocycles. The number of amides is 4. The van der Waals surface area contributed by atoms with Crippen LogP contribution in [-0.2, 0) is 9.59 Å². The predicted octanol–water partition coefficient (Wildman–Crippen LogP) is 3.48. The van der Waals surface area contributed by atoms with Crippen molar-refractivity contribution in [3.63, 3.8) is 0 Å². The van der Waals surface area contributed by atoms with Crippen LogP contribution >= 0.6 is 11.6 Å². The fraction of sp³-hybridized carbons (Fsp3) is 0.304. The fourth-order valence-corrected chi connectivity index (χ4v) is 4.76. The molecule has 0 aliphatic carbocycles. The molecule has 0 radical (unpaired) electrons. The Morgan fingerprint density at radius 1 is 1.15 bits per heavy atom. The van der Waals surface area contributed by atoms with Crippen molar-refractivity contribution in [2.24, 2.45) is 5.73 Å². The molecule has 0 saturated carbocycles. The Morgan fingerprint density at radius 3 is 2.41 bits per heavy atom. The molecule has 34 heavy (non-hydrogen) atoms. The molecule has 2 aliphatic rings. The van der Waals surface area contributed by atoms with E-state index in [1.165, 1.54) is 42.5 Å². The first-order valence-electron chi connectivity index (χ1n) is 10.4. The lowest BCUT2D eigenvalue weighted by atomic mass is 9.83. The Balaban J connectivity index is 1.90. The van der Waals surface area contributed by atoms with Crippen molar-refractivity contribution in [3.8, 4) is 0 Å². The van der Waals surface area contributed by atoms with Gasteiger partial charge < -0.3 is 10.6 Å². The molecule has 0 aromatic heterocycles. The van der Waals surface area contributed by atoms with Gasteiger partial charge in [0.1, 0.15) is 6.04 Å². The molecule has 0 bridgehead atoms. The number of carbonyl (C=O) groups excluding carboxylic acids is 4. The summed E-state index contributed by atoms with van der Waals surface area (Å²) >= 11 is 5.93. The number of alkyl halides is 3. The maximum atomic E-state index is 13.8. The number of rotatable bonds is 5. The first-order chi connectivity index (χ1) is 16.0. The molecule has 1 fully saturated rings. The fourth-order valence-electron chi connectivity index (χ4n) is 4.64. The lowest BCUT2D eigenvalue weighted by Crippen LogP contribution is -2.54. The molecule has 3 atom stereocenters. The van der Waals surface area contributed by atoms with Crippen molar-refractivity contribution < 1.29 is 32.3 Å². The molecular formula is C23H19ClF3N3O4. The zero-order valence-electron chi connectivity index (χ0n) is 17.6.